The molecule has 0 N–H and O–H groups in total. The van der Waals surface area contributed by atoms with Gasteiger partial charge in [-0.05, 0) is 55.7 Å². The van der Waals surface area contributed by atoms with Crippen molar-refractivity contribution in [2.45, 2.75) is 63.3 Å². The van der Waals surface area contributed by atoms with Crippen LogP contribution in [0.1, 0.15) is 52.3 Å². The molecule has 2 heterocycles. The minimum atomic E-state index is -3.22. The molecule has 0 spiro atoms. The lowest BCUT2D eigenvalue weighted by Crippen LogP contribution is -2.25. The van der Waals surface area contributed by atoms with Crippen LogP contribution < -0.4 is 0 Å². The number of aromatic nitrogens is 2. The zero-order chi connectivity index (χ0) is 19.2. The molecule has 0 amide bonds. The third kappa shape index (κ3) is 4.06. The van der Waals surface area contributed by atoms with Gasteiger partial charge in [0.15, 0.2) is 9.84 Å². The number of imidazole rings is 1. The van der Waals surface area contributed by atoms with Crippen LogP contribution in [0.25, 0.3) is 11.0 Å². The molecule has 4 rings (SSSR count). The lowest BCUT2D eigenvalue weighted by Gasteiger charge is -2.26. The Morgan fingerprint density at radius 2 is 1.81 bits per heavy atom. The number of sulfone groups is 1. The summed E-state index contributed by atoms with van der Waals surface area (Å²) in [7, 11) is -3.22. The average molecular weight is 391 g/mol. The van der Waals surface area contributed by atoms with E-state index in [-0.39, 0.29) is 11.2 Å². The Kier molecular flexibility index (Phi) is 4.83. The molecule has 148 valence electrons. The first kappa shape index (κ1) is 18.9. The summed E-state index contributed by atoms with van der Waals surface area (Å²) < 4.78 is 33.2. The summed E-state index contributed by atoms with van der Waals surface area (Å²) in [5.41, 5.74) is 1.73. The van der Waals surface area contributed by atoms with E-state index in [9.17, 15) is 8.42 Å². The Labute approximate surface area is 162 Å². The van der Waals surface area contributed by atoms with Gasteiger partial charge < -0.3 is 9.30 Å². The number of hydrogen-bond acceptors (Lipinski definition) is 4. The monoisotopic (exact) mass is 390 g/mol. The Balaban J connectivity index is 1.73. The summed E-state index contributed by atoms with van der Waals surface area (Å²) in [5.74, 6) is 2.23. The van der Waals surface area contributed by atoms with Crippen LogP contribution in [-0.4, -0.2) is 36.9 Å². The normalized spacial score (nSPS) is 19.7. The van der Waals surface area contributed by atoms with Gasteiger partial charge in [0.05, 0.1) is 21.7 Å². The fraction of sp³-hybridized carbons (Fsp3) is 0.667. The minimum Gasteiger partial charge on any atom is -0.381 e. The second-order valence-corrected chi connectivity index (χ2v) is 11.3. The molecule has 1 aromatic carbocycles. The van der Waals surface area contributed by atoms with Crippen LogP contribution in [0.3, 0.4) is 0 Å². The first-order chi connectivity index (χ1) is 12.7. The third-order valence-electron chi connectivity index (χ3n) is 5.68. The van der Waals surface area contributed by atoms with Crippen molar-refractivity contribution in [3.8, 4) is 0 Å². The van der Waals surface area contributed by atoms with E-state index in [4.69, 9.17) is 9.72 Å². The molecule has 1 aliphatic carbocycles. The second kappa shape index (κ2) is 6.89. The van der Waals surface area contributed by atoms with Crippen molar-refractivity contribution < 1.29 is 13.2 Å². The summed E-state index contributed by atoms with van der Waals surface area (Å²) in [5, 5.41) is 0. The SMILES string of the molecule is CC(C)(C)c1nc2cc(S(=O)(=O)CC3CC3)ccc2n1CC1CCOCC1. The highest BCUT2D eigenvalue weighted by molar-refractivity contribution is 7.91. The maximum absolute atomic E-state index is 12.7. The molecule has 0 bridgehead atoms. The molecule has 5 nitrogen and oxygen atoms in total. The van der Waals surface area contributed by atoms with Crippen molar-refractivity contribution in [3.63, 3.8) is 0 Å². The first-order valence-corrected chi connectivity index (χ1v) is 11.7. The Morgan fingerprint density at radius 3 is 2.44 bits per heavy atom. The quantitative estimate of drug-likeness (QED) is 0.776. The fourth-order valence-electron chi connectivity index (χ4n) is 3.94. The predicted octanol–water partition coefficient (Wildman–Crippen LogP) is 3.94. The maximum atomic E-state index is 12.7. The van der Waals surface area contributed by atoms with Gasteiger partial charge in [0.1, 0.15) is 5.82 Å². The lowest BCUT2D eigenvalue weighted by molar-refractivity contribution is 0.0611. The molecule has 2 aliphatic rings. The van der Waals surface area contributed by atoms with Crippen molar-refractivity contribution in [1.82, 2.24) is 9.55 Å². The van der Waals surface area contributed by atoms with E-state index in [1.807, 2.05) is 6.07 Å². The van der Waals surface area contributed by atoms with Gasteiger partial charge in [0.25, 0.3) is 0 Å². The fourth-order valence-corrected chi connectivity index (χ4v) is 5.65. The summed E-state index contributed by atoms with van der Waals surface area (Å²) in [6.45, 7) is 9.07. The summed E-state index contributed by atoms with van der Waals surface area (Å²) in [4.78, 5) is 5.30. The van der Waals surface area contributed by atoms with Gasteiger partial charge in [0, 0.05) is 25.2 Å². The van der Waals surface area contributed by atoms with Gasteiger partial charge in [-0.2, -0.15) is 0 Å². The van der Waals surface area contributed by atoms with Crippen LogP contribution in [-0.2, 0) is 26.5 Å². The van der Waals surface area contributed by atoms with Crippen molar-refractivity contribution in [3.05, 3.63) is 24.0 Å². The molecular weight excluding hydrogens is 360 g/mol. The van der Waals surface area contributed by atoms with Crippen LogP contribution in [0.2, 0.25) is 0 Å². The second-order valence-electron chi connectivity index (χ2n) is 9.23. The summed E-state index contributed by atoms with van der Waals surface area (Å²) >= 11 is 0. The largest absolute Gasteiger partial charge is 0.381 e. The molecule has 1 saturated heterocycles. The van der Waals surface area contributed by atoms with Gasteiger partial charge in [-0.15, -0.1) is 0 Å². The van der Waals surface area contributed by atoms with E-state index in [1.165, 1.54) is 0 Å². The highest BCUT2D eigenvalue weighted by atomic mass is 32.2. The molecule has 0 unspecified atom stereocenters. The van der Waals surface area contributed by atoms with E-state index in [2.05, 4.69) is 25.3 Å². The van der Waals surface area contributed by atoms with Crippen LogP contribution in [0.4, 0.5) is 0 Å². The molecule has 1 aromatic heterocycles. The summed E-state index contributed by atoms with van der Waals surface area (Å²) in [6, 6.07) is 5.51. The first-order valence-electron chi connectivity index (χ1n) is 10.1. The molecule has 6 heteroatoms. The van der Waals surface area contributed by atoms with E-state index in [0.717, 1.165) is 62.3 Å². The van der Waals surface area contributed by atoms with Crippen LogP contribution >= 0.6 is 0 Å². The predicted molar refractivity (Wildman–Crippen MR) is 107 cm³/mol. The van der Waals surface area contributed by atoms with Crippen LogP contribution in [0, 0.1) is 11.8 Å². The number of fused-ring (bicyclic) bond motifs is 1. The Morgan fingerprint density at radius 1 is 1.11 bits per heavy atom. The topological polar surface area (TPSA) is 61.2 Å². The number of nitrogens with zero attached hydrogens (tertiary/aromatic N) is 2. The molecule has 1 saturated carbocycles. The Hall–Kier alpha value is -1.40. The number of rotatable bonds is 5. The van der Waals surface area contributed by atoms with E-state index in [0.29, 0.717) is 16.7 Å². The Bertz CT molecular complexity index is 930. The zero-order valence-electron chi connectivity index (χ0n) is 16.6. The smallest absolute Gasteiger partial charge is 0.178 e. The van der Waals surface area contributed by atoms with E-state index >= 15 is 0 Å². The molecule has 2 fully saturated rings. The minimum absolute atomic E-state index is 0.1000. The molecule has 0 atom stereocenters. The van der Waals surface area contributed by atoms with Crippen molar-refractivity contribution >= 4 is 20.9 Å². The van der Waals surface area contributed by atoms with Crippen molar-refractivity contribution in [1.29, 1.82) is 0 Å². The highest BCUT2D eigenvalue weighted by Crippen LogP contribution is 2.34. The standard InChI is InChI=1S/C21H30N2O3S/c1-21(2,3)20-22-18-12-17(27(24,25)14-16-4-5-16)6-7-19(18)23(20)13-15-8-10-26-11-9-15/h6-7,12,15-16H,4-5,8-11,13-14H2,1-3H3. The zero-order valence-corrected chi connectivity index (χ0v) is 17.4. The van der Waals surface area contributed by atoms with Gasteiger partial charge >= 0.3 is 0 Å². The van der Waals surface area contributed by atoms with Gasteiger partial charge in [-0.3, -0.25) is 0 Å². The maximum Gasteiger partial charge on any atom is 0.178 e. The van der Waals surface area contributed by atoms with Gasteiger partial charge in [-0.1, -0.05) is 20.8 Å². The number of benzene rings is 1. The van der Waals surface area contributed by atoms with Crippen LogP contribution in [0.5, 0.6) is 0 Å². The van der Waals surface area contributed by atoms with E-state index < -0.39 is 9.84 Å². The van der Waals surface area contributed by atoms with Gasteiger partial charge in [-0.25, -0.2) is 13.4 Å². The van der Waals surface area contributed by atoms with Crippen molar-refractivity contribution in [2.75, 3.05) is 19.0 Å². The molecule has 1 aliphatic heterocycles. The summed E-state index contributed by atoms with van der Waals surface area (Å²) in [6.07, 6.45) is 4.21. The average Bonchev–Trinajstić information content (AvgIpc) is 3.33. The third-order valence-corrected chi connectivity index (χ3v) is 7.57. The van der Waals surface area contributed by atoms with Crippen molar-refractivity contribution in [2.24, 2.45) is 11.8 Å². The molecule has 27 heavy (non-hydrogen) atoms. The highest BCUT2D eigenvalue weighted by Gasteiger charge is 2.30. The number of hydrogen-bond donors (Lipinski definition) is 0. The van der Waals surface area contributed by atoms with Gasteiger partial charge in [0.2, 0.25) is 0 Å². The number of ether oxygens (including phenoxy) is 1. The lowest BCUT2D eigenvalue weighted by atomic mass is 9.94. The van der Waals surface area contributed by atoms with Crippen LogP contribution in [0.15, 0.2) is 23.1 Å². The molecule has 0 radical (unpaired) electrons. The van der Waals surface area contributed by atoms with E-state index in [1.54, 1.807) is 12.1 Å². The molecule has 2 aromatic rings. The molecular formula is C21H30N2O3S.